The number of pyridine rings is 1. The van der Waals surface area contributed by atoms with Crippen molar-refractivity contribution in [3.8, 4) is 17.6 Å². The maximum absolute atomic E-state index is 12.7. The molecule has 186 valence electrons. The number of hydrogen-bond acceptors (Lipinski definition) is 8. The van der Waals surface area contributed by atoms with Crippen LogP contribution in [0, 0.1) is 17.2 Å². The number of methoxy groups -OCH3 is 1. The minimum absolute atomic E-state index is 0.0286. The SMILES string of the molecule is COc1cncc2c1[C@]1(O)[C@H](O)[C@H](CN(C)CCO)[C@@H](c3ccccc3)[C@]1(c1ccc(C#N)cc1)O2. The van der Waals surface area contributed by atoms with Gasteiger partial charge in [0.15, 0.2) is 11.2 Å². The molecular weight excluding hydrogens is 458 g/mol. The topological polar surface area (TPSA) is 119 Å². The molecule has 2 aromatic carbocycles. The number of ether oxygens (including phenoxy) is 2. The van der Waals surface area contributed by atoms with E-state index in [0.29, 0.717) is 41.3 Å². The molecule has 0 amide bonds. The first-order valence-electron chi connectivity index (χ1n) is 11.9. The van der Waals surface area contributed by atoms with E-state index in [4.69, 9.17) is 9.47 Å². The molecule has 1 fully saturated rings. The summed E-state index contributed by atoms with van der Waals surface area (Å²) in [5.41, 5.74) is -0.991. The van der Waals surface area contributed by atoms with Gasteiger partial charge >= 0.3 is 0 Å². The zero-order chi connectivity index (χ0) is 25.5. The molecule has 0 saturated heterocycles. The summed E-state index contributed by atoms with van der Waals surface area (Å²) in [6.07, 6.45) is 1.78. The van der Waals surface area contributed by atoms with Crippen molar-refractivity contribution in [2.75, 3.05) is 33.9 Å². The first-order chi connectivity index (χ1) is 17.4. The van der Waals surface area contributed by atoms with Crippen LogP contribution < -0.4 is 9.47 Å². The molecule has 1 saturated carbocycles. The van der Waals surface area contributed by atoms with Gasteiger partial charge in [0.05, 0.1) is 49.4 Å². The zero-order valence-corrected chi connectivity index (χ0v) is 20.2. The zero-order valence-electron chi connectivity index (χ0n) is 20.2. The Morgan fingerprint density at radius 2 is 1.86 bits per heavy atom. The van der Waals surface area contributed by atoms with Crippen molar-refractivity contribution >= 4 is 0 Å². The van der Waals surface area contributed by atoms with Crippen LogP contribution in [0.2, 0.25) is 0 Å². The summed E-state index contributed by atoms with van der Waals surface area (Å²) >= 11 is 0. The molecule has 0 radical (unpaired) electrons. The highest BCUT2D eigenvalue weighted by molar-refractivity contribution is 5.59. The maximum Gasteiger partial charge on any atom is 0.177 e. The van der Waals surface area contributed by atoms with Crippen LogP contribution in [0.15, 0.2) is 67.0 Å². The van der Waals surface area contributed by atoms with Crippen LogP contribution in [0.5, 0.6) is 11.5 Å². The standard InChI is InChI=1S/C28H29N3O5/c1-31(12-13-32)17-21-24(19-6-4-3-5-7-19)28(20-10-8-18(14-29)9-11-20)27(34,26(21)33)25-22(35-2)15-30-16-23(25)36-28/h3-11,15-16,21,24,26,32-34H,12-13,17H2,1-2H3/t21-,24-,26-,27+,28+/m1/s1. The Bertz CT molecular complexity index is 1280. The second kappa shape index (κ2) is 9.19. The Hall–Kier alpha value is -3.48. The van der Waals surface area contributed by atoms with Crippen molar-refractivity contribution in [2.24, 2.45) is 5.92 Å². The van der Waals surface area contributed by atoms with Gasteiger partial charge in [-0.05, 0) is 30.3 Å². The fourth-order valence-electron chi connectivity index (χ4n) is 6.15. The summed E-state index contributed by atoms with van der Waals surface area (Å²) in [6.45, 7) is 0.782. The minimum atomic E-state index is -1.89. The number of nitrogens with zero attached hydrogens (tertiary/aromatic N) is 3. The average Bonchev–Trinajstić information content (AvgIpc) is 3.28. The highest BCUT2D eigenvalue weighted by Crippen LogP contribution is 2.69. The highest BCUT2D eigenvalue weighted by Gasteiger charge is 2.76. The summed E-state index contributed by atoms with van der Waals surface area (Å²) in [5.74, 6) is -0.315. The van der Waals surface area contributed by atoms with Gasteiger partial charge in [0.2, 0.25) is 0 Å². The molecule has 1 aliphatic carbocycles. The molecule has 5 rings (SSSR count). The fraction of sp³-hybridized carbons (Fsp3) is 0.357. The van der Waals surface area contributed by atoms with Crippen molar-refractivity contribution < 1.29 is 24.8 Å². The van der Waals surface area contributed by atoms with Crippen molar-refractivity contribution in [2.45, 2.75) is 23.2 Å². The summed E-state index contributed by atoms with van der Waals surface area (Å²) in [7, 11) is 3.36. The molecule has 8 heteroatoms. The van der Waals surface area contributed by atoms with E-state index in [1.807, 2.05) is 42.3 Å². The van der Waals surface area contributed by atoms with Crippen LogP contribution in [0.4, 0.5) is 0 Å². The Labute approximate surface area is 210 Å². The van der Waals surface area contributed by atoms with E-state index in [9.17, 15) is 20.6 Å². The Kier molecular flexibility index (Phi) is 6.18. The third-order valence-corrected chi connectivity index (χ3v) is 7.62. The lowest BCUT2D eigenvalue weighted by molar-refractivity contribution is -0.152. The molecule has 3 aromatic rings. The van der Waals surface area contributed by atoms with Crippen LogP contribution in [-0.2, 0) is 11.2 Å². The van der Waals surface area contributed by atoms with Crippen molar-refractivity contribution in [3.63, 3.8) is 0 Å². The van der Waals surface area contributed by atoms with Gasteiger partial charge in [-0.25, -0.2) is 0 Å². The van der Waals surface area contributed by atoms with Crippen molar-refractivity contribution in [1.82, 2.24) is 9.88 Å². The second-order valence-corrected chi connectivity index (χ2v) is 9.49. The fourth-order valence-corrected chi connectivity index (χ4v) is 6.15. The summed E-state index contributed by atoms with van der Waals surface area (Å²) in [5, 5.41) is 43.6. The number of nitriles is 1. The van der Waals surface area contributed by atoms with Gasteiger partial charge in [0.1, 0.15) is 11.5 Å². The summed E-state index contributed by atoms with van der Waals surface area (Å²) in [6, 6.07) is 18.8. The molecule has 5 atom stereocenters. The molecule has 1 aromatic heterocycles. The van der Waals surface area contributed by atoms with Gasteiger partial charge in [-0.15, -0.1) is 0 Å². The Balaban J connectivity index is 1.81. The molecule has 2 heterocycles. The van der Waals surface area contributed by atoms with E-state index in [1.54, 1.807) is 24.3 Å². The van der Waals surface area contributed by atoms with Crippen LogP contribution in [0.3, 0.4) is 0 Å². The molecule has 2 aliphatic rings. The van der Waals surface area contributed by atoms with Gasteiger partial charge in [-0.3, -0.25) is 4.98 Å². The second-order valence-electron chi connectivity index (χ2n) is 9.49. The molecule has 3 N–H and O–H groups in total. The van der Waals surface area contributed by atoms with Crippen molar-refractivity contribution in [1.29, 1.82) is 5.26 Å². The van der Waals surface area contributed by atoms with Gasteiger partial charge in [0.25, 0.3) is 0 Å². The quantitative estimate of drug-likeness (QED) is 0.464. The van der Waals surface area contributed by atoms with Crippen LogP contribution >= 0.6 is 0 Å². The third kappa shape index (κ3) is 3.32. The number of aliphatic hydroxyl groups excluding tert-OH is 2. The largest absolute Gasteiger partial charge is 0.495 e. The van der Waals surface area contributed by atoms with Gasteiger partial charge in [-0.1, -0.05) is 42.5 Å². The number of hydrogen-bond donors (Lipinski definition) is 3. The lowest BCUT2D eigenvalue weighted by atomic mass is 9.70. The van der Waals surface area contributed by atoms with Gasteiger partial charge in [-0.2, -0.15) is 5.26 Å². The molecule has 8 nitrogen and oxygen atoms in total. The van der Waals surface area contributed by atoms with Crippen molar-refractivity contribution in [3.05, 3.63) is 89.2 Å². The lowest BCUT2D eigenvalue weighted by Crippen LogP contribution is -2.52. The molecule has 1 aliphatic heterocycles. The molecule has 0 unspecified atom stereocenters. The van der Waals surface area contributed by atoms with Crippen LogP contribution in [0.25, 0.3) is 0 Å². The predicted octanol–water partition coefficient (Wildman–Crippen LogP) is 2.14. The number of aromatic nitrogens is 1. The lowest BCUT2D eigenvalue weighted by Gasteiger charge is -2.41. The number of rotatable bonds is 7. The van der Waals surface area contributed by atoms with Crippen LogP contribution in [-0.4, -0.2) is 65.2 Å². The minimum Gasteiger partial charge on any atom is -0.495 e. The average molecular weight is 488 g/mol. The Morgan fingerprint density at radius 1 is 1.14 bits per heavy atom. The monoisotopic (exact) mass is 487 g/mol. The van der Waals surface area contributed by atoms with E-state index in [0.717, 1.165) is 5.56 Å². The number of fused-ring (bicyclic) bond motifs is 3. The van der Waals surface area contributed by atoms with Gasteiger partial charge in [0, 0.05) is 24.9 Å². The number of likely N-dealkylation sites (N-methyl/N-ethyl adjacent to an activating group) is 1. The smallest absolute Gasteiger partial charge is 0.177 e. The van der Waals surface area contributed by atoms with E-state index >= 15 is 0 Å². The first-order valence-corrected chi connectivity index (χ1v) is 11.9. The Morgan fingerprint density at radius 3 is 2.50 bits per heavy atom. The molecule has 36 heavy (non-hydrogen) atoms. The molecule has 0 spiro atoms. The number of benzene rings is 2. The molecule has 0 bridgehead atoms. The maximum atomic E-state index is 12.7. The van der Waals surface area contributed by atoms with E-state index < -0.39 is 29.1 Å². The van der Waals surface area contributed by atoms with E-state index in [1.165, 1.54) is 19.5 Å². The highest BCUT2D eigenvalue weighted by atomic mass is 16.5. The van der Waals surface area contributed by atoms with Gasteiger partial charge < -0.3 is 29.7 Å². The normalized spacial score (nSPS) is 28.3. The summed E-state index contributed by atoms with van der Waals surface area (Å²) in [4.78, 5) is 6.17. The number of aliphatic hydroxyl groups is 3. The molecular formula is C28H29N3O5. The van der Waals surface area contributed by atoms with E-state index in [2.05, 4.69) is 11.1 Å². The van der Waals surface area contributed by atoms with Crippen LogP contribution in [0.1, 0.15) is 28.2 Å². The first kappa shape index (κ1) is 24.2. The summed E-state index contributed by atoms with van der Waals surface area (Å²) < 4.78 is 12.3. The predicted molar refractivity (Wildman–Crippen MR) is 131 cm³/mol. The van der Waals surface area contributed by atoms with E-state index in [-0.39, 0.29) is 6.61 Å². The third-order valence-electron chi connectivity index (χ3n) is 7.62.